The van der Waals surface area contributed by atoms with Crippen molar-refractivity contribution in [3.63, 3.8) is 0 Å². The summed E-state index contributed by atoms with van der Waals surface area (Å²) >= 11 is 0. The molecule has 0 atom stereocenters. The molecule has 11 nitrogen and oxygen atoms in total. The molecule has 0 saturated heterocycles. The number of benzene rings is 1. The highest BCUT2D eigenvalue weighted by molar-refractivity contribution is 5.89. The van der Waals surface area contributed by atoms with Gasteiger partial charge in [-0.05, 0) is 17.7 Å². The maximum absolute atomic E-state index is 11.6. The summed E-state index contributed by atoms with van der Waals surface area (Å²) in [4.78, 5) is 37.9. The number of nitrogens with one attached hydrogen (secondary N) is 1. The molecule has 126 valence electrons. The minimum absolute atomic E-state index is 0.0123. The number of aromatic hydroxyl groups is 2. The summed E-state index contributed by atoms with van der Waals surface area (Å²) in [6.45, 7) is 0. The van der Waals surface area contributed by atoms with Crippen LogP contribution in [0.2, 0.25) is 0 Å². The third-order valence-corrected chi connectivity index (χ3v) is 3.00. The second-order valence-electron chi connectivity index (χ2n) is 4.61. The molecule has 25 heavy (non-hydrogen) atoms. The molecule has 0 unspecified atom stereocenters. The standard InChI is InChI=1S/C14H8N4O7/c15-4-7(8-5-16-11(14(22)23)13(21)17-8)1-6-2-9(18(24)25)12(20)10(19)3-6/h1-3,5,19-20H,(H,17,21)(H,22,23)/b7-1+. The van der Waals surface area contributed by atoms with Gasteiger partial charge in [0.15, 0.2) is 5.75 Å². The van der Waals surface area contributed by atoms with E-state index in [1.54, 1.807) is 6.07 Å². The van der Waals surface area contributed by atoms with Crippen LogP contribution >= 0.6 is 0 Å². The van der Waals surface area contributed by atoms with Crippen LogP contribution in [0, 0.1) is 21.4 Å². The summed E-state index contributed by atoms with van der Waals surface area (Å²) in [7, 11) is 0. The number of carboxylic acid groups (broad SMARTS) is 1. The van der Waals surface area contributed by atoms with Crippen molar-refractivity contribution in [2.45, 2.75) is 0 Å². The monoisotopic (exact) mass is 344 g/mol. The summed E-state index contributed by atoms with van der Waals surface area (Å²) in [5.41, 5.74) is -2.93. The Morgan fingerprint density at radius 2 is 2.08 bits per heavy atom. The van der Waals surface area contributed by atoms with Crippen molar-refractivity contribution < 1.29 is 25.0 Å². The Kier molecular flexibility index (Phi) is 4.46. The minimum atomic E-state index is -1.55. The molecular formula is C14H8N4O7. The normalized spacial score (nSPS) is 10.9. The van der Waals surface area contributed by atoms with Gasteiger partial charge in [0, 0.05) is 6.07 Å². The Morgan fingerprint density at radius 3 is 2.60 bits per heavy atom. The van der Waals surface area contributed by atoms with E-state index in [1.807, 2.05) is 0 Å². The number of nitriles is 1. The van der Waals surface area contributed by atoms with Crippen molar-refractivity contribution in [2.75, 3.05) is 0 Å². The summed E-state index contributed by atoms with van der Waals surface area (Å²) in [5.74, 6) is -3.25. The van der Waals surface area contributed by atoms with E-state index < -0.39 is 39.3 Å². The van der Waals surface area contributed by atoms with E-state index in [-0.39, 0.29) is 16.8 Å². The van der Waals surface area contributed by atoms with Gasteiger partial charge in [-0.2, -0.15) is 5.26 Å². The summed E-state index contributed by atoms with van der Waals surface area (Å²) in [5, 5.41) is 47.7. The molecule has 1 aromatic heterocycles. The number of nitro benzene ring substituents is 1. The van der Waals surface area contributed by atoms with Crippen molar-refractivity contribution in [3.05, 3.63) is 55.7 Å². The Balaban J connectivity index is 2.57. The van der Waals surface area contributed by atoms with Gasteiger partial charge >= 0.3 is 11.7 Å². The number of aromatic nitrogens is 2. The van der Waals surface area contributed by atoms with E-state index >= 15 is 0 Å². The van der Waals surface area contributed by atoms with Crippen LogP contribution in [0.5, 0.6) is 11.5 Å². The molecule has 2 aromatic rings. The topological polar surface area (TPSA) is 190 Å². The van der Waals surface area contributed by atoms with Crippen molar-refractivity contribution in [3.8, 4) is 17.6 Å². The van der Waals surface area contributed by atoms with E-state index in [0.717, 1.165) is 24.4 Å². The van der Waals surface area contributed by atoms with Crippen LogP contribution < -0.4 is 5.56 Å². The second-order valence-corrected chi connectivity index (χ2v) is 4.61. The molecule has 4 N–H and O–H groups in total. The zero-order valence-corrected chi connectivity index (χ0v) is 12.1. The highest BCUT2D eigenvalue weighted by Gasteiger charge is 2.19. The molecule has 0 spiro atoms. The molecule has 1 heterocycles. The van der Waals surface area contributed by atoms with Crippen LogP contribution in [0.3, 0.4) is 0 Å². The number of nitro groups is 1. The third kappa shape index (κ3) is 3.42. The molecule has 0 aliphatic heterocycles. The summed E-state index contributed by atoms with van der Waals surface area (Å²) in [6, 6.07) is 3.59. The maximum atomic E-state index is 11.6. The van der Waals surface area contributed by atoms with Crippen molar-refractivity contribution in [1.82, 2.24) is 9.97 Å². The smallest absolute Gasteiger partial charge is 0.360 e. The van der Waals surface area contributed by atoms with Gasteiger partial charge in [0.2, 0.25) is 11.4 Å². The van der Waals surface area contributed by atoms with Crippen LogP contribution in [0.15, 0.2) is 23.1 Å². The molecule has 1 aromatic carbocycles. The molecule has 0 saturated carbocycles. The van der Waals surface area contributed by atoms with Crippen LogP contribution in [-0.4, -0.2) is 36.2 Å². The number of aromatic amines is 1. The lowest BCUT2D eigenvalue weighted by atomic mass is 10.1. The fourth-order valence-electron chi connectivity index (χ4n) is 1.88. The molecule has 0 fully saturated rings. The Hall–Kier alpha value is -4.20. The molecular weight excluding hydrogens is 336 g/mol. The lowest BCUT2D eigenvalue weighted by Crippen LogP contribution is -2.20. The quantitative estimate of drug-likeness (QED) is 0.269. The Morgan fingerprint density at radius 1 is 1.40 bits per heavy atom. The van der Waals surface area contributed by atoms with Gasteiger partial charge in [-0.1, -0.05) is 0 Å². The first kappa shape index (κ1) is 17.2. The highest BCUT2D eigenvalue weighted by Crippen LogP contribution is 2.36. The molecule has 2 rings (SSSR count). The number of hydrogen-bond donors (Lipinski definition) is 4. The van der Waals surface area contributed by atoms with Gasteiger partial charge in [0.25, 0.3) is 5.56 Å². The van der Waals surface area contributed by atoms with Gasteiger partial charge in [0.1, 0.15) is 6.07 Å². The number of carbonyl (C=O) groups is 1. The van der Waals surface area contributed by atoms with E-state index in [4.69, 9.17) is 5.11 Å². The summed E-state index contributed by atoms with van der Waals surface area (Å²) in [6.07, 6.45) is 2.02. The average molecular weight is 344 g/mol. The molecule has 0 amide bonds. The fourth-order valence-corrected chi connectivity index (χ4v) is 1.88. The molecule has 0 radical (unpaired) electrons. The second kappa shape index (κ2) is 6.50. The minimum Gasteiger partial charge on any atom is -0.504 e. The highest BCUT2D eigenvalue weighted by atomic mass is 16.6. The van der Waals surface area contributed by atoms with Gasteiger partial charge < -0.3 is 20.3 Å². The van der Waals surface area contributed by atoms with E-state index in [9.17, 15) is 35.2 Å². The fraction of sp³-hybridized carbons (Fsp3) is 0. The number of nitrogens with zero attached hydrogens (tertiary/aromatic N) is 3. The van der Waals surface area contributed by atoms with Gasteiger partial charge in [0.05, 0.1) is 22.4 Å². The number of phenolic OH excluding ortho intramolecular Hbond substituents is 2. The van der Waals surface area contributed by atoms with Crippen molar-refractivity contribution >= 4 is 23.3 Å². The third-order valence-electron chi connectivity index (χ3n) is 3.00. The number of allylic oxidation sites excluding steroid dienone is 1. The van der Waals surface area contributed by atoms with Crippen LogP contribution in [0.1, 0.15) is 21.7 Å². The van der Waals surface area contributed by atoms with E-state index in [1.165, 1.54) is 0 Å². The molecule has 11 heteroatoms. The van der Waals surface area contributed by atoms with Crippen LogP contribution in [-0.2, 0) is 0 Å². The van der Waals surface area contributed by atoms with Crippen molar-refractivity contribution in [1.29, 1.82) is 5.26 Å². The zero-order chi connectivity index (χ0) is 18.7. The first-order valence-electron chi connectivity index (χ1n) is 6.39. The largest absolute Gasteiger partial charge is 0.504 e. The Labute approximate surface area is 137 Å². The molecule has 0 bridgehead atoms. The number of H-pyrrole nitrogens is 1. The van der Waals surface area contributed by atoms with Gasteiger partial charge in [-0.3, -0.25) is 14.9 Å². The summed E-state index contributed by atoms with van der Waals surface area (Å²) < 4.78 is 0. The lowest BCUT2D eigenvalue weighted by Gasteiger charge is -2.03. The first-order valence-corrected chi connectivity index (χ1v) is 6.39. The maximum Gasteiger partial charge on any atom is 0.360 e. The lowest BCUT2D eigenvalue weighted by molar-refractivity contribution is -0.386. The number of carboxylic acids is 1. The first-order chi connectivity index (χ1) is 11.7. The van der Waals surface area contributed by atoms with Gasteiger partial charge in [-0.25, -0.2) is 9.78 Å². The van der Waals surface area contributed by atoms with Crippen LogP contribution in [0.25, 0.3) is 11.6 Å². The van der Waals surface area contributed by atoms with E-state index in [0.29, 0.717) is 0 Å². The number of aromatic carboxylic acids is 1. The van der Waals surface area contributed by atoms with Gasteiger partial charge in [-0.15, -0.1) is 0 Å². The van der Waals surface area contributed by atoms with Crippen LogP contribution in [0.4, 0.5) is 5.69 Å². The zero-order valence-electron chi connectivity index (χ0n) is 12.1. The Bertz CT molecular complexity index is 1020. The molecule has 0 aliphatic rings. The SMILES string of the molecule is N#C/C(=C\c1cc(O)c(O)c([N+](=O)[O-])c1)c1cnc(C(=O)O)c(=O)[nH]1. The number of hydrogen-bond acceptors (Lipinski definition) is 8. The number of phenols is 2. The molecule has 0 aliphatic carbocycles. The van der Waals surface area contributed by atoms with E-state index in [2.05, 4.69) is 9.97 Å². The van der Waals surface area contributed by atoms with Crippen molar-refractivity contribution in [2.24, 2.45) is 0 Å². The predicted octanol–water partition coefficient (Wildman–Crippen LogP) is 0.852. The number of rotatable bonds is 4. The predicted molar refractivity (Wildman–Crippen MR) is 81.7 cm³/mol. The average Bonchev–Trinajstić information content (AvgIpc) is 2.54.